The van der Waals surface area contributed by atoms with Crippen molar-refractivity contribution in [2.75, 3.05) is 0 Å². The zero-order chi connectivity index (χ0) is 19.5. The molecule has 3 nitrogen and oxygen atoms in total. The summed E-state index contributed by atoms with van der Waals surface area (Å²) in [5.41, 5.74) is 4.45. The molecule has 0 saturated carbocycles. The third-order valence-corrected chi connectivity index (χ3v) is 4.71. The van der Waals surface area contributed by atoms with Crippen LogP contribution in [0, 0.1) is 0 Å². The molecule has 0 amide bonds. The molecule has 0 spiro atoms. The van der Waals surface area contributed by atoms with Crippen LogP contribution in [0.3, 0.4) is 0 Å². The number of hydrogen-bond acceptors (Lipinski definition) is 2. The normalized spacial score (nSPS) is 11.2. The van der Waals surface area contributed by atoms with Crippen molar-refractivity contribution >= 4 is 40.6 Å². The molecule has 0 aliphatic rings. The van der Waals surface area contributed by atoms with Crippen molar-refractivity contribution in [3.8, 4) is 11.3 Å². The molecule has 0 aliphatic carbocycles. The highest BCUT2D eigenvalue weighted by Crippen LogP contribution is 2.27. The van der Waals surface area contributed by atoms with E-state index in [0.29, 0.717) is 21.6 Å². The minimum absolute atomic E-state index is 0.190. The first kappa shape index (κ1) is 18.0. The number of carbonyl (C=O) groups is 1. The van der Waals surface area contributed by atoms with Gasteiger partial charge in [-0.15, -0.1) is 0 Å². The second kappa shape index (κ2) is 7.67. The number of benzene rings is 3. The Morgan fingerprint density at radius 3 is 2.21 bits per heavy atom. The number of rotatable bonds is 4. The van der Waals surface area contributed by atoms with E-state index in [1.807, 2.05) is 60.7 Å². The molecule has 3 aromatic carbocycles. The first-order valence-corrected chi connectivity index (χ1v) is 9.15. The zero-order valence-electron chi connectivity index (χ0n) is 14.8. The number of carboxylic acid groups (broad SMARTS) is 1. The Balaban J connectivity index is 1.69. The van der Waals surface area contributed by atoms with E-state index in [1.165, 1.54) is 0 Å². The molecule has 1 aromatic heterocycles. The van der Waals surface area contributed by atoms with E-state index in [9.17, 15) is 9.90 Å². The number of aromatic nitrogens is 1. The Morgan fingerprint density at radius 1 is 0.857 bits per heavy atom. The lowest BCUT2D eigenvalue weighted by Crippen LogP contribution is -2.00. The van der Waals surface area contributed by atoms with Crippen LogP contribution in [-0.4, -0.2) is 16.1 Å². The highest BCUT2D eigenvalue weighted by molar-refractivity contribution is 6.31. The van der Waals surface area contributed by atoms with Gasteiger partial charge in [0.1, 0.15) is 0 Å². The van der Waals surface area contributed by atoms with Gasteiger partial charge in [0.15, 0.2) is 0 Å². The van der Waals surface area contributed by atoms with Gasteiger partial charge in [-0.25, -0.2) is 9.78 Å². The summed E-state index contributed by atoms with van der Waals surface area (Å²) < 4.78 is 0. The summed E-state index contributed by atoms with van der Waals surface area (Å²) in [6, 6.07) is 24.6. The van der Waals surface area contributed by atoms with E-state index in [1.54, 1.807) is 24.3 Å². The van der Waals surface area contributed by atoms with Gasteiger partial charge in [-0.2, -0.15) is 0 Å². The van der Waals surface area contributed by atoms with Crippen molar-refractivity contribution in [1.29, 1.82) is 0 Å². The fourth-order valence-electron chi connectivity index (χ4n) is 3.04. The third kappa shape index (κ3) is 3.80. The van der Waals surface area contributed by atoms with Crippen molar-refractivity contribution in [1.82, 2.24) is 4.98 Å². The number of halogens is 1. The summed E-state index contributed by atoms with van der Waals surface area (Å²) in [5, 5.41) is 10.6. The quantitative estimate of drug-likeness (QED) is 0.412. The monoisotopic (exact) mass is 385 g/mol. The number of nitrogens with zero attached hydrogens (tertiary/aromatic N) is 1. The van der Waals surface area contributed by atoms with E-state index in [4.69, 9.17) is 11.6 Å². The second-order valence-electron chi connectivity index (χ2n) is 6.39. The van der Waals surface area contributed by atoms with Crippen molar-refractivity contribution in [3.05, 3.63) is 101 Å². The molecule has 0 unspecified atom stereocenters. The van der Waals surface area contributed by atoms with Crippen LogP contribution in [0.2, 0.25) is 5.02 Å². The highest BCUT2D eigenvalue weighted by atomic mass is 35.5. The van der Waals surface area contributed by atoms with Gasteiger partial charge < -0.3 is 5.11 Å². The molecule has 28 heavy (non-hydrogen) atoms. The van der Waals surface area contributed by atoms with Crippen molar-refractivity contribution in [2.24, 2.45) is 0 Å². The largest absolute Gasteiger partial charge is 0.478 e. The molecule has 4 aromatic rings. The summed E-state index contributed by atoms with van der Waals surface area (Å²) >= 11 is 6.02. The van der Waals surface area contributed by atoms with Crippen LogP contribution < -0.4 is 0 Å². The predicted molar refractivity (Wildman–Crippen MR) is 115 cm³/mol. The van der Waals surface area contributed by atoms with Crippen LogP contribution >= 0.6 is 11.6 Å². The van der Waals surface area contributed by atoms with Gasteiger partial charge in [0.25, 0.3) is 0 Å². The van der Waals surface area contributed by atoms with Crippen LogP contribution in [0.25, 0.3) is 34.3 Å². The third-order valence-electron chi connectivity index (χ3n) is 4.48. The minimum atomic E-state index is -1.00. The Morgan fingerprint density at radius 2 is 1.54 bits per heavy atom. The smallest absolute Gasteiger partial charge is 0.336 e. The molecule has 136 valence electrons. The molecule has 1 heterocycles. The van der Waals surface area contributed by atoms with Gasteiger partial charge >= 0.3 is 5.97 Å². The Hall–Kier alpha value is -3.43. The molecular weight excluding hydrogens is 370 g/mol. The Bertz CT molecular complexity index is 1180. The molecule has 0 radical (unpaired) electrons. The lowest BCUT2D eigenvalue weighted by Gasteiger charge is -2.08. The maximum Gasteiger partial charge on any atom is 0.336 e. The van der Waals surface area contributed by atoms with Gasteiger partial charge in [-0.1, -0.05) is 78.4 Å². The topological polar surface area (TPSA) is 50.2 Å². The Labute approximate surface area is 167 Å². The first-order chi connectivity index (χ1) is 13.6. The molecule has 0 saturated heterocycles. The van der Waals surface area contributed by atoms with E-state index in [2.05, 4.69) is 11.1 Å². The lowest BCUT2D eigenvalue weighted by molar-refractivity contribution is 0.0699. The predicted octanol–water partition coefficient (Wildman–Crippen LogP) is 6.42. The fraction of sp³-hybridized carbons (Fsp3) is 0. The van der Waals surface area contributed by atoms with Crippen molar-refractivity contribution < 1.29 is 9.90 Å². The zero-order valence-corrected chi connectivity index (χ0v) is 15.6. The van der Waals surface area contributed by atoms with E-state index in [0.717, 1.165) is 16.7 Å². The average molecular weight is 386 g/mol. The summed E-state index contributed by atoms with van der Waals surface area (Å²) in [6.07, 6.45) is 4.09. The average Bonchev–Trinajstić information content (AvgIpc) is 2.72. The van der Waals surface area contributed by atoms with E-state index >= 15 is 0 Å². The number of carboxylic acids is 1. The molecule has 0 atom stereocenters. The van der Waals surface area contributed by atoms with E-state index in [-0.39, 0.29) is 5.56 Å². The maximum absolute atomic E-state index is 11.7. The minimum Gasteiger partial charge on any atom is -0.478 e. The summed E-state index contributed by atoms with van der Waals surface area (Å²) in [5.74, 6) is -1.00. The lowest BCUT2D eigenvalue weighted by atomic mass is 10.0. The van der Waals surface area contributed by atoms with Crippen LogP contribution in [0.4, 0.5) is 0 Å². The number of aromatic carboxylic acids is 1. The van der Waals surface area contributed by atoms with Crippen LogP contribution in [0.5, 0.6) is 0 Å². The summed E-state index contributed by atoms with van der Waals surface area (Å²) in [4.78, 5) is 16.3. The van der Waals surface area contributed by atoms with Crippen LogP contribution in [0.15, 0.2) is 78.9 Å². The first-order valence-electron chi connectivity index (χ1n) is 8.77. The number of pyridine rings is 1. The molecule has 0 aliphatic heterocycles. The highest BCUT2D eigenvalue weighted by Gasteiger charge is 2.13. The SMILES string of the molecule is O=C(O)c1cc(-c2ccc(C=Cc3ccccc3)cc2)nc2ccc(Cl)cc12. The Kier molecular flexibility index (Phi) is 4.92. The molecule has 4 heteroatoms. The van der Waals surface area contributed by atoms with Crippen molar-refractivity contribution in [3.63, 3.8) is 0 Å². The molecule has 1 N–H and O–H groups in total. The van der Waals surface area contributed by atoms with Gasteiger partial charge in [-0.05, 0) is 35.4 Å². The van der Waals surface area contributed by atoms with Crippen LogP contribution in [-0.2, 0) is 0 Å². The number of fused-ring (bicyclic) bond motifs is 1. The maximum atomic E-state index is 11.7. The van der Waals surface area contributed by atoms with Gasteiger partial charge in [0.05, 0.1) is 16.8 Å². The van der Waals surface area contributed by atoms with E-state index < -0.39 is 5.97 Å². The van der Waals surface area contributed by atoms with Crippen LogP contribution in [0.1, 0.15) is 21.5 Å². The number of hydrogen-bond donors (Lipinski definition) is 1. The van der Waals surface area contributed by atoms with Gasteiger partial charge in [-0.3, -0.25) is 0 Å². The molecule has 0 fully saturated rings. The molecule has 4 rings (SSSR count). The molecular formula is C24H16ClNO2. The van der Waals surface area contributed by atoms with Crippen molar-refractivity contribution in [2.45, 2.75) is 0 Å². The standard InChI is InChI=1S/C24H16ClNO2/c25-19-12-13-22-20(14-19)21(24(27)28)15-23(26-22)18-10-8-17(9-11-18)7-6-16-4-2-1-3-5-16/h1-15H,(H,27,28). The van der Waals surface area contributed by atoms with Gasteiger partial charge in [0, 0.05) is 16.0 Å². The van der Waals surface area contributed by atoms with Gasteiger partial charge in [0.2, 0.25) is 0 Å². The summed E-state index contributed by atoms with van der Waals surface area (Å²) in [7, 11) is 0. The molecule has 0 bridgehead atoms. The second-order valence-corrected chi connectivity index (χ2v) is 6.82. The summed E-state index contributed by atoms with van der Waals surface area (Å²) in [6.45, 7) is 0. The fourth-order valence-corrected chi connectivity index (χ4v) is 3.22.